The molecule has 3 rings (SSSR count). The highest BCUT2D eigenvalue weighted by molar-refractivity contribution is 5.90. The zero-order chi connectivity index (χ0) is 23.8. The Kier molecular flexibility index (Phi) is 8.56. The number of ether oxygens (including phenoxy) is 1. The normalized spacial score (nSPS) is 15.6. The summed E-state index contributed by atoms with van der Waals surface area (Å²) in [6, 6.07) is 8.67. The Bertz CT molecular complexity index is 945. The number of carbonyl (C=O) groups is 2. The van der Waals surface area contributed by atoms with E-state index in [1.165, 1.54) is 17.9 Å². The Morgan fingerprint density at radius 1 is 1.33 bits per heavy atom. The number of likely N-dealkylation sites (N-methyl/N-ethyl adjacent to an activating group) is 1. The molecule has 1 saturated heterocycles. The molecule has 0 unspecified atom stereocenters. The van der Waals surface area contributed by atoms with Crippen LogP contribution >= 0.6 is 0 Å². The number of hydrogen-bond donors (Lipinski definition) is 2. The van der Waals surface area contributed by atoms with Crippen LogP contribution < -0.4 is 20.5 Å². The van der Waals surface area contributed by atoms with Crippen LogP contribution in [0.2, 0.25) is 0 Å². The van der Waals surface area contributed by atoms with Crippen molar-refractivity contribution >= 4 is 23.4 Å². The van der Waals surface area contributed by atoms with Gasteiger partial charge in [0.1, 0.15) is 11.9 Å². The molecule has 2 amide bonds. The summed E-state index contributed by atoms with van der Waals surface area (Å²) in [6.07, 6.45) is 2.54. The van der Waals surface area contributed by atoms with E-state index in [1.807, 2.05) is 42.2 Å². The van der Waals surface area contributed by atoms with Crippen molar-refractivity contribution in [2.24, 2.45) is 0 Å². The maximum absolute atomic E-state index is 15.1. The van der Waals surface area contributed by atoms with Crippen molar-refractivity contribution in [3.63, 3.8) is 0 Å². The van der Waals surface area contributed by atoms with Crippen LogP contribution in [-0.2, 0) is 16.1 Å². The van der Waals surface area contributed by atoms with E-state index < -0.39 is 18.0 Å². The molecule has 2 heterocycles. The minimum atomic E-state index is -0.551. The number of cyclic esters (lactones) is 1. The van der Waals surface area contributed by atoms with Crippen molar-refractivity contribution in [3.05, 3.63) is 54.1 Å². The second-order valence-corrected chi connectivity index (χ2v) is 7.78. The molecule has 0 bridgehead atoms. The number of pyridine rings is 1. The standard InChI is InChI=1S/C23H31FN6O3/c1-4-28(10-11-29(25-3)15-18-6-5-9-26-13-18)22-8-7-19(12-21(22)24)30-16-20(33-23(30)32)14-27-17(2)31/h5-9,12-13,20,25H,4,10-11,14-16H2,1-3H3,(H,27,31)/t20-/m0/s1. The van der Waals surface area contributed by atoms with Gasteiger partial charge in [-0.3, -0.25) is 20.1 Å². The Morgan fingerprint density at radius 3 is 2.79 bits per heavy atom. The summed E-state index contributed by atoms with van der Waals surface area (Å²) in [7, 11) is 1.86. The molecule has 33 heavy (non-hydrogen) atoms. The van der Waals surface area contributed by atoms with E-state index in [1.54, 1.807) is 18.3 Å². The van der Waals surface area contributed by atoms with Gasteiger partial charge in [0.2, 0.25) is 5.91 Å². The van der Waals surface area contributed by atoms with Gasteiger partial charge in [-0.25, -0.2) is 14.2 Å². The predicted molar refractivity (Wildman–Crippen MR) is 124 cm³/mol. The molecule has 0 aliphatic carbocycles. The molecular formula is C23H31FN6O3. The molecule has 10 heteroatoms. The van der Waals surface area contributed by atoms with Crippen molar-refractivity contribution in [3.8, 4) is 0 Å². The lowest BCUT2D eigenvalue weighted by molar-refractivity contribution is -0.119. The topological polar surface area (TPSA) is 90.0 Å². The molecule has 1 aliphatic rings. The molecule has 2 N–H and O–H groups in total. The number of nitrogens with zero attached hydrogens (tertiary/aromatic N) is 4. The van der Waals surface area contributed by atoms with Crippen molar-refractivity contribution < 1.29 is 18.7 Å². The second-order valence-electron chi connectivity index (χ2n) is 7.78. The van der Waals surface area contributed by atoms with Crippen LogP contribution in [0.1, 0.15) is 19.4 Å². The average Bonchev–Trinajstić information content (AvgIpc) is 3.19. The average molecular weight is 459 g/mol. The van der Waals surface area contributed by atoms with Crippen LogP contribution in [0, 0.1) is 5.82 Å². The van der Waals surface area contributed by atoms with Gasteiger partial charge in [0.05, 0.1) is 24.5 Å². The quantitative estimate of drug-likeness (QED) is 0.499. The zero-order valence-electron chi connectivity index (χ0n) is 19.3. The lowest BCUT2D eigenvalue weighted by Crippen LogP contribution is -2.41. The first-order chi connectivity index (χ1) is 15.9. The third-order valence-electron chi connectivity index (χ3n) is 5.47. The van der Waals surface area contributed by atoms with E-state index in [4.69, 9.17) is 4.74 Å². The molecule has 1 aliphatic heterocycles. The predicted octanol–water partition coefficient (Wildman–Crippen LogP) is 2.14. The van der Waals surface area contributed by atoms with Gasteiger partial charge in [-0.05, 0) is 43.8 Å². The molecule has 0 radical (unpaired) electrons. The van der Waals surface area contributed by atoms with Gasteiger partial charge in [-0.1, -0.05) is 6.07 Å². The summed E-state index contributed by atoms with van der Waals surface area (Å²) in [4.78, 5) is 30.8. The summed E-state index contributed by atoms with van der Waals surface area (Å²) >= 11 is 0. The van der Waals surface area contributed by atoms with E-state index >= 15 is 4.39 Å². The molecule has 1 aromatic heterocycles. The first-order valence-corrected chi connectivity index (χ1v) is 11.0. The summed E-state index contributed by atoms with van der Waals surface area (Å²) < 4.78 is 20.3. The van der Waals surface area contributed by atoms with Gasteiger partial charge in [0, 0.05) is 45.5 Å². The fourth-order valence-corrected chi connectivity index (χ4v) is 3.69. The molecule has 178 valence electrons. The van der Waals surface area contributed by atoms with Gasteiger partial charge < -0.3 is 15.0 Å². The molecule has 9 nitrogen and oxygen atoms in total. The minimum Gasteiger partial charge on any atom is -0.442 e. The third-order valence-corrected chi connectivity index (χ3v) is 5.47. The number of halogens is 1. The number of hydrogen-bond acceptors (Lipinski definition) is 7. The summed E-state index contributed by atoms with van der Waals surface area (Å²) in [5.41, 5.74) is 5.15. The Morgan fingerprint density at radius 2 is 2.15 bits per heavy atom. The molecular weight excluding hydrogens is 427 g/mol. The number of aromatic nitrogens is 1. The largest absolute Gasteiger partial charge is 0.442 e. The maximum Gasteiger partial charge on any atom is 0.414 e. The Labute approximate surface area is 193 Å². The molecule has 1 fully saturated rings. The van der Waals surface area contributed by atoms with Gasteiger partial charge in [0.25, 0.3) is 0 Å². The molecule has 1 atom stereocenters. The fraction of sp³-hybridized carbons (Fsp3) is 0.435. The van der Waals surface area contributed by atoms with Gasteiger partial charge in [-0.15, -0.1) is 0 Å². The van der Waals surface area contributed by atoms with E-state index in [0.29, 0.717) is 37.6 Å². The van der Waals surface area contributed by atoms with Crippen LogP contribution in [-0.4, -0.2) is 67.9 Å². The molecule has 0 spiro atoms. The van der Waals surface area contributed by atoms with Crippen LogP contribution in [0.5, 0.6) is 0 Å². The second kappa shape index (κ2) is 11.6. The third kappa shape index (κ3) is 6.62. The van der Waals surface area contributed by atoms with Crippen LogP contribution in [0.3, 0.4) is 0 Å². The van der Waals surface area contributed by atoms with Gasteiger partial charge in [-0.2, -0.15) is 0 Å². The smallest absolute Gasteiger partial charge is 0.414 e. The Balaban J connectivity index is 1.62. The number of hydrazine groups is 1. The van der Waals surface area contributed by atoms with Crippen molar-refractivity contribution in [2.75, 3.05) is 49.6 Å². The van der Waals surface area contributed by atoms with Gasteiger partial charge in [0.15, 0.2) is 0 Å². The first-order valence-electron chi connectivity index (χ1n) is 11.0. The van der Waals surface area contributed by atoms with E-state index in [0.717, 1.165) is 5.56 Å². The minimum absolute atomic E-state index is 0.197. The zero-order valence-corrected chi connectivity index (χ0v) is 19.3. The molecule has 0 saturated carbocycles. The number of anilines is 2. The first kappa shape index (κ1) is 24.4. The number of nitrogens with one attached hydrogen (secondary N) is 2. The summed E-state index contributed by atoms with van der Waals surface area (Å²) in [6.45, 7) is 6.44. The van der Waals surface area contributed by atoms with Crippen LogP contribution in [0.15, 0.2) is 42.7 Å². The van der Waals surface area contributed by atoms with E-state index in [2.05, 4.69) is 15.7 Å². The van der Waals surface area contributed by atoms with Crippen molar-refractivity contribution in [1.82, 2.24) is 20.7 Å². The Hall–Kier alpha value is -3.24. The summed E-state index contributed by atoms with van der Waals surface area (Å²) in [5, 5.41) is 4.67. The number of carbonyl (C=O) groups excluding carboxylic acids is 2. The van der Waals surface area contributed by atoms with E-state index in [-0.39, 0.29) is 19.0 Å². The summed E-state index contributed by atoms with van der Waals surface area (Å²) in [5.74, 6) is -0.604. The highest BCUT2D eigenvalue weighted by Gasteiger charge is 2.32. The SMILES string of the molecule is CCN(CCN(Cc1cccnc1)NC)c1ccc(N2C[C@H](CNC(C)=O)OC2=O)cc1F. The van der Waals surface area contributed by atoms with Crippen LogP contribution in [0.4, 0.5) is 20.6 Å². The molecule has 2 aromatic rings. The lowest BCUT2D eigenvalue weighted by Gasteiger charge is -2.28. The van der Waals surface area contributed by atoms with Crippen LogP contribution in [0.25, 0.3) is 0 Å². The fourth-order valence-electron chi connectivity index (χ4n) is 3.69. The highest BCUT2D eigenvalue weighted by atomic mass is 19.1. The van der Waals surface area contributed by atoms with Crippen molar-refractivity contribution in [1.29, 1.82) is 0 Å². The highest BCUT2D eigenvalue weighted by Crippen LogP contribution is 2.28. The van der Waals surface area contributed by atoms with Gasteiger partial charge >= 0.3 is 6.09 Å². The van der Waals surface area contributed by atoms with E-state index in [9.17, 15) is 9.59 Å². The van der Waals surface area contributed by atoms with Crippen molar-refractivity contribution in [2.45, 2.75) is 26.5 Å². The maximum atomic E-state index is 15.1. The number of amides is 2. The number of benzene rings is 1. The number of rotatable bonds is 11. The lowest BCUT2D eigenvalue weighted by atomic mass is 10.2. The monoisotopic (exact) mass is 458 g/mol. The molecule has 1 aromatic carbocycles.